The molecular weight excluding hydrogens is 446 g/mol. The Labute approximate surface area is 192 Å². The summed E-state index contributed by atoms with van der Waals surface area (Å²) < 4.78 is 38.7. The maximum atomic E-state index is 13.2. The normalized spacial score (nSPS) is 22.1. The molecule has 3 aliphatic heterocycles. The number of carbonyl (C=O) groups is 2. The number of hydrogen-bond acceptors (Lipinski definition) is 7. The first-order valence-corrected chi connectivity index (χ1v) is 12.4. The first kappa shape index (κ1) is 21.9. The second-order valence-corrected chi connectivity index (χ2v) is 10.2. The fourth-order valence-electron chi connectivity index (χ4n) is 4.47. The van der Waals surface area contributed by atoms with Gasteiger partial charge >= 0.3 is 0 Å². The Bertz CT molecular complexity index is 1160. The fraction of sp³-hybridized carbons (Fsp3) is 0.391. The van der Waals surface area contributed by atoms with Crippen molar-refractivity contribution >= 4 is 21.8 Å². The van der Waals surface area contributed by atoms with Crippen LogP contribution in [0.25, 0.3) is 0 Å². The lowest BCUT2D eigenvalue weighted by atomic mass is 10.2. The van der Waals surface area contributed by atoms with Gasteiger partial charge in [0.1, 0.15) is 13.2 Å². The van der Waals surface area contributed by atoms with E-state index in [4.69, 9.17) is 9.47 Å². The summed E-state index contributed by atoms with van der Waals surface area (Å²) in [5.74, 6) is 0.552. The molecule has 2 fully saturated rings. The van der Waals surface area contributed by atoms with Crippen LogP contribution in [0.4, 0.5) is 0 Å². The highest BCUT2D eigenvalue weighted by atomic mass is 32.2. The number of hydrogen-bond donors (Lipinski definition) is 0. The van der Waals surface area contributed by atoms with Crippen molar-refractivity contribution in [1.29, 1.82) is 0 Å². The summed E-state index contributed by atoms with van der Waals surface area (Å²) in [7, 11) is -3.71. The molecule has 0 unspecified atom stereocenters. The number of nitrogens with zero attached hydrogens (tertiary/aromatic N) is 3. The molecule has 2 saturated heterocycles. The number of carbonyl (C=O) groups excluding carboxylic acids is 2. The van der Waals surface area contributed by atoms with Crippen molar-refractivity contribution in [2.45, 2.75) is 23.9 Å². The minimum absolute atomic E-state index is 0.126. The third kappa shape index (κ3) is 4.21. The Kier molecular flexibility index (Phi) is 5.81. The van der Waals surface area contributed by atoms with Gasteiger partial charge in [0.25, 0.3) is 0 Å². The molecule has 0 radical (unpaired) electrons. The minimum atomic E-state index is -3.71. The number of sulfonamides is 1. The van der Waals surface area contributed by atoms with Gasteiger partial charge in [-0.05, 0) is 17.7 Å². The summed E-state index contributed by atoms with van der Waals surface area (Å²) in [5, 5.41) is 0. The highest BCUT2D eigenvalue weighted by Crippen LogP contribution is 2.33. The van der Waals surface area contributed by atoms with Gasteiger partial charge in [0, 0.05) is 32.2 Å². The largest absolute Gasteiger partial charge is 0.486 e. The Morgan fingerprint density at radius 2 is 1.58 bits per heavy atom. The van der Waals surface area contributed by atoms with Crippen molar-refractivity contribution in [2.24, 2.45) is 0 Å². The molecule has 33 heavy (non-hydrogen) atoms. The lowest BCUT2D eigenvalue weighted by Gasteiger charge is -2.36. The summed E-state index contributed by atoms with van der Waals surface area (Å²) in [4.78, 5) is 28.9. The van der Waals surface area contributed by atoms with E-state index in [2.05, 4.69) is 0 Å². The monoisotopic (exact) mass is 471 g/mol. The topological polar surface area (TPSA) is 96.5 Å². The molecule has 10 heteroatoms. The molecule has 2 amide bonds. The van der Waals surface area contributed by atoms with Crippen LogP contribution < -0.4 is 9.47 Å². The van der Waals surface area contributed by atoms with Crippen molar-refractivity contribution in [3.8, 4) is 11.5 Å². The number of amides is 2. The second kappa shape index (κ2) is 8.77. The highest BCUT2D eigenvalue weighted by Gasteiger charge is 2.43. The number of fused-ring (bicyclic) bond motifs is 1. The van der Waals surface area contributed by atoms with Gasteiger partial charge in [-0.2, -0.15) is 4.31 Å². The third-order valence-corrected chi connectivity index (χ3v) is 8.16. The van der Waals surface area contributed by atoms with E-state index in [-0.39, 0.29) is 42.8 Å². The van der Waals surface area contributed by atoms with Crippen molar-refractivity contribution in [3.05, 3.63) is 54.1 Å². The van der Waals surface area contributed by atoms with Crippen molar-refractivity contribution in [1.82, 2.24) is 14.1 Å². The zero-order chi connectivity index (χ0) is 23.0. The van der Waals surface area contributed by atoms with Gasteiger partial charge in [0.2, 0.25) is 21.8 Å². The van der Waals surface area contributed by atoms with Gasteiger partial charge in [-0.15, -0.1) is 0 Å². The van der Waals surface area contributed by atoms with Crippen LogP contribution in [0.15, 0.2) is 53.4 Å². The Hall–Kier alpha value is -2.95. The average Bonchev–Trinajstić information content (AvgIpc) is 3.13. The molecule has 5 rings (SSSR count). The molecule has 9 nitrogen and oxygen atoms in total. The van der Waals surface area contributed by atoms with Crippen molar-refractivity contribution in [3.63, 3.8) is 0 Å². The van der Waals surface area contributed by atoms with E-state index < -0.39 is 16.1 Å². The van der Waals surface area contributed by atoms with Gasteiger partial charge in [-0.25, -0.2) is 8.42 Å². The maximum absolute atomic E-state index is 13.2. The van der Waals surface area contributed by atoms with E-state index >= 15 is 0 Å². The first-order chi connectivity index (χ1) is 15.9. The smallest absolute Gasteiger partial charge is 0.247 e. The molecule has 2 aromatic carbocycles. The van der Waals surface area contributed by atoms with Gasteiger partial charge in [-0.1, -0.05) is 30.3 Å². The molecule has 0 bridgehead atoms. The van der Waals surface area contributed by atoms with Crippen LogP contribution in [-0.2, 0) is 26.2 Å². The van der Waals surface area contributed by atoms with Gasteiger partial charge in [-0.3, -0.25) is 19.4 Å². The zero-order valence-electron chi connectivity index (χ0n) is 18.1. The quantitative estimate of drug-likeness (QED) is 0.603. The van der Waals surface area contributed by atoms with Crippen LogP contribution in [0.1, 0.15) is 12.0 Å². The molecule has 0 spiro atoms. The number of piperazine rings is 1. The summed E-state index contributed by atoms with van der Waals surface area (Å²) in [6, 6.07) is 13.5. The molecule has 0 aromatic heterocycles. The fourth-order valence-corrected chi connectivity index (χ4v) is 5.91. The Morgan fingerprint density at radius 3 is 2.30 bits per heavy atom. The van der Waals surface area contributed by atoms with Crippen LogP contribution in [0.2, 0.25) is 0 Å². The van der Waals surface area contributed by atoms with E-state index in [1.54, 1.807) is 6.07 Å². The highest BCUT2D eigenvalue weighted by molar-refractivity contribution is 7.89. The summed E-state index contributed by atoms with van der Waals surface area (Å²) >= 11 is 0. The van der Waals surface area contributed by atoms with E-state index in [9.17, 15) is 18.0 Å². The van der Waals surface area contributed by atoms with Crippen LogP contribution in [0.3, 0.4) is 0 Å². The number of imide groups is 1. The minimum Gasteiger partial charge on any atom is -0.486 e. The van der Waals surface area contributed by atoms with Crippen LogP contribution in [0.5, 0.6) is 11.5 Å². The van der Waals surface area contributed by atoms with E-state index in [0.717, 1.165) is 5.56 Å². The molecular formula is C23H25N3O6S. The van der Waals surface area contributed by atoms with Crippen LogP contribution in [-0.4, -0.2) is 79.8 Å². The third-order valence-electron chi connectivity index (χ3n) is 6.27. The molecule has 0 aliphatic carbocycles. The van der Waals surface area contributed by atoms with Gasteiger partial charge < -0.3 is 9.47 Å². The van der Waals surface area contributed by atoms with E-state index in [1.165, 1.54) is 21.3 Å². The van der Waals surface area contributed by atoms with Crippen molar-refractivity contribution in [2.75, 3.05) is 39.4 Å². The van der Waals surface area contributed by atoms with Crippen LogP contribution in [0, 0.1) is 0 Å². The van der Waals surface area contributed by atoms with Gasteiger partial charge in [0.05, 0.1) is 23.9 Å². The summed E-state index contributed by atoms with van der Waals surface area (Å²) in [6.45, 7) is 2.32. The lowest BCUT2D eigenvalue weighted by Crippen LogP contribution is -2.53. The summed E-state index contributed by atoms with van der Waals surface area (Å²) in [6.07, 6.45) is 0.126. The van der Waals surface area contributed by atoms with E-state index in [0.29, 0.717) is 37.8 Å². The standard InChI is InChI=1S/C23H25N3O6S/c27-22-15-19(23(28)26(22)16-17-4-2-1-3-5-17)24-8-10-25(11-9-24)33(29,30)18-6-7-20-21(14-18)32-13-12-31-20/h1-7,14,19H,8-13,15-16H2/t19-/m1/s1. The molecule has 1 atom stereocenters. The second-order valence-electron chi connectivity index (χ2n) is 8.27. The predicted molar refractivity (Wildman–Crippen MR) is 118 cm³/mol. The molecule has 3 aliphatic rings. The molecule has 2 aromatic rings. The number of ether oxygens (including phenoxy) is 2. The number of benzene rings is 2. The Morgan fingerprint density at radius 1 is 0.879 bits per heavy atom. The molecule has 0 N–H and O–H groups in total. The summed E-state index contributed by atoms with van der Waals surface area (Å²) in [5.41, 5.74) is 0.898. The first-order valence-electron chi connectivity index (χ1n) is 11.0. The van der Waals surface area contributed by atoms with Crippen molar-refractivity contribution < 1.29 is 27.5 Å². The molecule has 0 saturated carbocycles. The van der Waals surface area contributed by atoms with E-state index in [1.807, 2.05) is 35.2 Å². The molecule has 174 valence electrons. The lowest BCUT2D eigenvalue weighted by molar-refractivity contribution is -0.140. The average molecular weight is 472 g/mol. The number of likely N-dealkylation sites (tertiary alicyclic amines) is 1. The number of rotatable bonds is 5. The van der Waals surface area contributed by atoms with Crippen LogP contribution >= 0.6 is 0 Å². The SMILES string of the molecule is O=C1C[C@@H](N2CCN(S(=O)(=O)c3ccc4c(c3)OCCO4)CC2)C(=O)N1Cc1ccccc1. The maximum Gasteiger partial charge on any atom is 0.247 e. The predicted octanol–water partition coefficient (Wildman–Crippen LogP) is 1.09. The Balaban J connectivity index is 1.23. The zero-order valence-corrected chi connectivity index (χ0v) is 18.9. The molecule has 3 heterocycles. The van der Waals surface area contributed by atoms with Gasteiger partial charge in [0.15, 0.2) is 11.5 Å².